The van der Waals surface area contributed by atoms with Gasteiger partial charge in [0.15, 0.2) is 0 Å². The Balaban J connectivity index is 2.01. The number of aryl methyl sites for hydroxylation is 1. The van der Waals surface area contributed by atoms with Gasteiger partial charge in [-0.25, -0.2) is 0 Å². The van der Waals surface area contributed by atoms with Crippen LogP contribution in [0.15, 0.2) is 24.3 Å². The van der Waals surface area contributed by atoms with Gasteiger partial charge in [0.2, 0.25) is 11.7 Å². The number of carboxylic acid groups (broad SMARTS) is 1. The van der Waals surface area contributed by atoms with Gasteiger partial charge < -0.3 is 10.4 Å². The fraction of sp³-hybridized carbons (Fsp3) is 0.308. The molecule has 0 unspecified atom stereocenters. The van der Waals surface area contributed by atoms with Crippen molar-refractivity contribution in [3.8, 4) is 11.4 Å². The van der Waals surface area contributed by atoms with Crippen molar-refractivity contribution in [1.82, 2.24) is 25.5 Å². The number of nitrogens with one attached hydrogen (secondary N) is 1. The molecular weight excluding hydrogens is 274 g/mol. The molecule has 1 amide bonds. The lowest BCUT2D eigenvalue weighted by Crippen LogP contribution is -2.40. The summed E-state index contributed by atoms with van der Waals surface area (Å²) >= 11 is 0. The summed E-state index contributed by atoms with van der Waals surface area (Å²) in [5, 5.41) is 22.8. The lowest BCUT2D eigenvalue weighted by molar-refractivity contribution is -0.141. The molecule has 0 aliphatic rings. The normalized spacial score (nSPS) is 11.9. The third kappa shape index (κ3) is 3.85. The molecule has 1 aromatic heterocycles. The summed E-state index contributed by atoms with van der Waals surface area (Å²) in [6.07, 6.45) is 0. The molecule has 0 saturated carbocycles. The number of hydrogen-bond donors (Lipinski definition) is 2. The van der Waals surface area contributed by atoms with Crippen molar-refractivity contribution in [2.45, 2.75) is 26.4 Å². The van der Waals surface area contributed by atoms with Gasteiger partial charge in [-0.3, -0.25) is 9.59 Å². The largest absolute Gasteiger partial charge is 0.480 e. The highest BCUT2D eigenvalue weighted by Gasteiger charge is 2.15. The van der Waals surface area contributed by atoms with E-state index in [9.17, 15) is 9.59 Å². The minimum Gasteiger partial charge on any atom is -0.480 e. The van der Waals surface area contributed by atoms with Crippen LogP contribution in [0.2, 0.25) is 0 Å². The predicted octanol–water partition coefficient (Wildman–Crippen LogP) is 0.238. The number of aromatic nitrogens is 4. The van der Waals surface area contributed by atoms with E-state index in [0.717, 1.165) is 15.9 Å². The van der Waals surface area contributed by atoms with E-state index < -0.39 is 17.9 Å². The van der Waals surface area contributed by atoms with Crippen molar-refractivity contribution in [2.24, 2.45) is 0 Å². The average molecular weight is 289 g/mol. The van der Waals surface area contributed by atoms with E-state index in [1.54, 1.807) is 0 Å². The van der Waals surface area contributed by atoms with Gasteiger partial charge in [0.05, 0.1) is 0 Å². The number of hydrogen-bond acceptors (Lipinski definition) is 5. The molecule has 21 heavy (non-hydrogen) atoms. The Labute approximate surface area is 120 Å². The molecule has 1 aromatic carbocycles. The van der Waals surface area contributed by atoms with E-state index >= 15 is 0 Å². The van der Waals surface area contributed by atoms with Gasteiger partial charge in [0.1, 0.15) is 12.6 Å². The molecule has 0 aliphatic carbocycles. The number of amides is 1. The monoisotopic (exact) mass is 289 g/mol. The predicted molar refractivity (Wildman–Crippen MR) is 73.2 cm³/mol. The first kappa shape index (κ1) is 14.6. The van der Waals surface area contributed by atoms with E-state index in [2.05, 4.69) is 20.7 Å². The van der Waals surface area contributed by atoms with E-state index in [1.165, 1.54) is 6.92 Å². The van der Waals surface area contributed by atoms with Crippen molar-refractivity contribution >= 4 is 11.9 Å². The number of carboxylic acids is 1. The number of carbonyl (C=O) groups excluding carboxylic acids is 1. The quantitative estimate of drug-likeness (QED) is 0.815. The molecule has 0 fully saturated rings. The first-order valence-electron chi connectivity index (χ1n) is 6.32. The van der Waals surface area contributed by atoms with Crippen molar-refractivity contribution < 1.29 is 14.7 Å². The lowest BCUT2D eigenvalue weighted by atomic mass is 10.1. The Kier molecular flexibility index (Phi) is 4.27. The molecule has 1 atom stereocenters. The average Bonchev–Trinajstić information content (AvgIpc) is 2.87. The van der Waals surface area contributed by atoms with Gasteiger partial charge in [0.25, 0.3) is 0 Å². The number of rotatable bonds is 5. The van der Waals surface area contributed by atoms with E-state index in [1.807, 2.05) is 31.2 Å². The van der Waals surface area contributed by atoms with Crippen LogP contribution in [0.4, 0.5) is 0 Å². The first-order valence-corrected chi connectivity index (χ1v) is 6.32. The number of benzene rings is 1. The molecule has 1 heterocycles. The van der Waals surface area contributed by atoms with Gasteiger partial charge in [-0.15, -0.1) is 10.2 Å². The van der Waals surface area contributed by atoms with Crippen LogP contribution < -0.4 is 5.32 Å². The van der Waals surface area contributed by atoms with Crippen molar-refractivity contribution in [3.05, 3.63) is 29.8 Å². The zero-order chi connectivity index (χ0) is 15.4. The maximum atomic E-state index is 11.6. The van der Waals surface area contributed by atoms with Crippen LogP contribution in [0.5, 0.6) is 0 Å². The fourth-order valence-corrected chi connectivity index (χ4v) is 1.61. The fourth-order valence-electron chi connectivity index (χ4n) is 1.61. The molecular formula is C13H15N5O3. The first-order chi connectivity index (χ1) is 9.95. The highest BCUT2D eigenvalue weighted by Crippen LogP contribution is 2.13. The molecule has 8 nitrogen and oxygen atoms in total. The number of nitrogens with zero attached hydrogens (tertiary/aromatic N) is 4. The second-order valence-electron chi connectivity index (χ2n) is 4.64. The SMILES string of the molecule is Cc1ccc(-c2nnn(CC(=O)N[C@H](C)C(=O)O)n2)cc1. The molecule has 0 bridgehead atoms. The molecule has 8 heteroatoms. The van der Waals surface area contributed by atoms with Gasteiger partial charge in [-0.05, 0) is 19.1 Å². The topological polar surface area (TPSA) is 110 Å². The van der Waals surface area contributed by atoms with Crippen molar-refractivity contribution in [2.75, 3.05) is 0 Å². The third-order valence-corrected chi connectivity index (χ3v) is 2.80. The van der Waals surface area contributed by atoms with Crippen LogP contribution in [0, 0.1) is 6.92 Å². The Morgan fingerprint density at radius 2 is 2.00 bits per heavy atom. The van der Waals surface area contributed by atoms with Gasteiger partial charge in [0, 0.05) is 5.56 Å². The van der Waals surface area contributed by atoms with Crippen molar-refractivity contribution in [1.29, 1.82) is 0 Å². The summed E-state index contributed by atoms with van der Waals surface area (Å²) in [7, 11) is 0. The molecule has 2 aromatic rings. The lowest BCUT2D eigenvalue weighted by Gasteiger charge is -2.07. The summed E-state index contributed by atoms with van der Waals surface area (Å²) in [5.41, 5.74) is 1.92. The smallest absolute Gasteiger partial charge is 0.325 e. The molecule has 0 saturated heterocycles. The maximum Gasteiger partial charge on any atom is 0.325 e. The third-order valence-electron chi connectivity index (χ3n) is 2.80. The van der Waals surface area contributed by atoms with Crippen LogP contribution >= 0.6 is 0 Å². The molecule has 110 valence electrons. The standard InChI is InChI=1S/C13H15N5O3/c1-8-3-5-10(6-4-8)12-15-17-18(16-12)7-11(19)14-9(2)13(20)21/h3-6,9H,7H2,1-2H3,(H,14,19)(H,20,21)/t9-/m1/s1. The van der Waals surface area contributed by atoms with Crippen LogP contribution in [-0.2, 0) is 16.1 Å². The second kappa shape index (κ2) is 6.12. The highest BCUT2D eigenvalue weighted by molar-refractivity contribution is 5.82. The molecule has 0 aliphatic heterocycles. The Bertz CT molecular complexity index is 650. The number of aliphatic carboxylic acids is 1. The van der Waals surface area contributed by atoms with Crippen molar-refractivity contribution in [3.63, 3.8) is 0 Å². The summed E-state index contributed by atoms with van der Waals surface area (Å²) in [6, 6.07) is 6.62. The Morgan fingerprint density at radius 3 is 2.62 bits per heavy atom. The van der Waals surface area contributed by atoms with Gasteiger partial charge in [-0.2, -0.15) is 4.80 Å². The second-order valence-corrected chi connectivity index (χ2v) is 4.64. The minimum absolute atomic E-state index is 0.184. The summed E-state index contributed by atoms with van der Waals surface area (Å²) in [4.78, 5) is 23.4. The zero-order valence-corrected chi connectivity index (χ0v) is 11.6. The van der Waals surface area contributed by atoms with Gasteiger partial charge in [-0.1, -0.05) is 29.8 Å². The van der Waals surface area contributed by atoms with Crippen LogP contribution in [0.1, 0.15) is 12.5 Å². The minimum atomic E-state index is -1.10. The molecule has 2 rings (SSSR count). The number of carbonyl (C=O) groups is 2. The van der Waals surface area contributed by atoms with E-state index in [4.69, 9.17) is 5.11 Å². The van der Waals surface area contributed by atoms with Crippen LogP contribution in [-0.4, -0.2) is 43.2 Å². The van der Waals surface area contributed by atoms with E-state index in [0.29, 0.717) is 5.82 Å². The highest BCUT2D eigenvalue weighted by atomic mass is 16.4. The molecule has 0 spiro atoms. The maximum absolute atomic E-state index is 11.6. The molecule has 0 radical (unpaired) electrons. The molecule has 2 N–H and O–H groups in total. The van der Waals surface area contributed by atoms with Gasteiger partial charge >= 0.3 is 5.97 Å². The van der Waals surface area contributed by atoms with Crippen LogP contribution in [0.25, 0.3) is 11.4 Å². The number of tetrazole rings is 1. The van der Waals surface area contributed by atoms with E-state index in [-0.39, 0.29) is 6.54 Å². The summed E-state index contributed by atoms with van der Waals surface area (Å²) in [5.74, 6) is -1.18. The Morgan fingerprint density at radius 1 is 1.33 bits per heavy atom. The summed E-state index contributed by atoms with van der Waals surface area (Å²) < 4.78 is 0. The van der Waals surface area contributed by atoms with Crippen LogP contribution in [0.3, 0.4) is 0 Å². The zero-order valence-electron chi connectivity index (χ0n) is 11.6. The summed E-state index contributed by atoms with van der Waals surface area (Å²) in [6.45, 7) is 3.17. The Hall–Kier alpha value is -2.77.